The van der Waals surface area contributed by atoms with Crippen molar-refractivity contribution in [2.45, 2.75) is 284 Å². The van der Waals surface area contributed by atoms with E-state index in [-0.39, 0.29) is 31.1 Å². The highest BCUT2D eigenvalue weighted by molar-refractivity contribution is 5.71. The van der Waals surface area contributed by atoms with Gasteiger partial charge in [0.1, 0.15) is 13.2 Å². The van der Waals surface area contributed by atoms with E-state index in [4.69, 9.17) is 14.2 Å². The smallest absolute Gasteiger partial charge is 0.306 e. The summed E-state index contributed by atoms with van der Waals surface area (Å²) < 4.78 is 16.8. The Kier molecular flexibility index (Phi) is 51.3. The molecule has 0 aliphatic heterocycles. The van der Waals surface area contributed by atoms with Gasteiger partial charge in [0.15, 0.2) is 6.10 Å². The number of carbonyl (C=O) groups excluding carboxylic acids is 3. The third kappa shape index (κ3) is 51.9. The molecule has 0 aliphatic carbocycles. The summed E-state index contributed by atoms with van der Waals surface area (Å²) in [6, 6.07) is 0. The first kappa shape index (κ1) is 62.1. The van der Waals surface area contributed by atoms with Crippen LogP contribution in [0.3, 0.4) is 0 Å². The van der Waals surface area contributed by atoms with Gasteiger partial charge in [-0.2, -0.15) is 0 Å². The predicted molar refractivity (Wildman–Crippen MR) is 279 cm³/mol. The minimum absolute atomic E-state index is 0.0784. The van der Waals surface area contributed by atoms with Crippen molar-refractivity contribution in [3.8, 4) is 0 Å². The molecule has 0 aliphatic rings. The van der Waals surface area contributed by atoms with E-state index >= 15 is 0 Å². The molecule has 1 unspecified atom stereocenters. The normalized spacial score (nSPS) is 12.5. The van der Waals surface area contributed by atoms with Crippen LogP contribution in [0.25, 0.3) is 0 Å². The molecule has 0 aromatic rings. The number of hydrogen-bond donors (Lipinski definition) is 0. The number of unbranched alkanes of at least 4 members (excludes halogenated alkanes) is 29. The second kappa shape index (κ2) is 53.7. The van der Waals surface area contributed by atoms with E-state index in [2.05, 4.69) is 81.5 Å². The summed E-state index contributed by atoms with van der Waals surface area (Å²) >= 11 is 0. The Morgan fingerprint density at radius 2 is 0.600 bits per heavy atom. The molecule has 0 saturated carbocycles. The van der Waals surface area contributed by atoms with E-state index < -0.39 is 6.10 Å². The first-order valence-electron chi connectivity index (χ1n) is 27.8. The van der Waals surface area contributed by atoms with Gasteiger partial charge in [-0.3, -0.25) is 14.4 Å². The molecule has 1 atom stereocenters. The number of ether oxygens (including phenoxy) is 3. The van der Waals surface area contributed by atoms with Gasteiger partial charge >= 0.3 is 17.9 Å². The monoisotopic (exact) mass is 909 g/mol. The zero-order valence-electron chi connectivity index (χ0n) is 43.0. The molecule has 0 spiro atoms. The summed E-state index contributed by atoms with van der Waals surface area (Å²) in [4.78, 5) is 38.1. The van der Waals surface area contributed by atoms with Crippen LogP contribution in [-0.4, -0.2) is 37.2 Å². The average molecular weight is 909 g/mol. The number of allylic oxidation sites excluding steroid dienone is 10. The van der Waals surface area contributed by atoms with Gasteiger partial charge in [0.2, 0.25) is 0 Å². The summed E-state index contributed by atoms with van der Waals surface area (Å²) in [6.45, 7) is 6.51. The number of rotatable bonds is 50. The lowest BCUT2D eigenvalue weighted by Gasteiger charge is -2.18. The third-order valence-corrected chi connectivity index (χ3v) is 12.0. The fourth-order valence-electron chi connectivity index (χ4n) is 7.84. The highest BCUT2D eigenvalue weighted by Gasteiger charge is 2.19. The first-order valence-corrected chi connectivity index (χ1v) is 27.8. The Morgan fingerprint density at radius 3 is 0.969 bits per heavy atom. The molecule has 6 nitrogen and oxygen atoms in total. The summed E-state index contributed by atoms with van der Waals surface area (Å²) in [5.74, 6) is -0.887. The molecule has 0 amide bonds. The molecule has 65 heavy (non-hydrogen) atoms. The molecule has 0 saturated heterocycles. The minimum Gasteiger partial charge on any atom is -0.462 e. The van der Waals surface area contributed by atoms with Gasteiger partial charge in [-0.25, -0.2) is 0 Å². The molecular formula is C59H104O6. The van der Waals surface area contributed by atoms with Crippen LogP contribution >= 0.6 is 0 Å². The Hall–Kier alpha value is -2.89. The molecule has 0 aromatic heterocycles. The van der Waals surface area contributed by atoms with E-state index in [0.717, 1.165) is 96.3 Å². The lowest BCUT2D eigenvalue weighted by atomic mass is 10.0. The molecule has 0 aromatic carbocycles. The van der Waals surface area contributed by atoms with Crippen molar-refractivity contribution in [3.05, 3.63) is 60.8 Å². The van der Waals surface area contributed by atoms with Gasteiger partial charge in [-0.15, -0.1) is 0 Å². The van der Waals surface area contributed by atoms with E-state index in [1.54, 1.807) is 0 Å². The van der Waals surface area contributed by atoms with Crippen LogP contribution in [0.1, 0.15) is 278 Å². The summed E-state index contributed by atoms with van der Waals surface area (Å²) in [7, 11) is 0. The van der Waals surface area contributed by atoms with Gasteiger partial charge < -0.3 is 14.2 Å². The average Bonchev–Trinajstić information content (AvgIpc) is 3.30. The van der Waals surface area contributed by atoms with Gasteiger partial charge in [0.05, 0.1) is 0 Å². The standard InChI is InChI=1S/C59H104O6/c1-4-7-10-13-16-19-22-25-27-29-31-34-37-40-43-46-49-52-58(61)64-55-56(54-63-57(60)51-48-45-42-39-36-33-24-21-18-15-12-9-6-3)65-59(62)53-50-47-44-41-38-35-32-30-28-26-23-20-17-14-11-8-5-2/h7,10,16-17,19-20,25-28,56H,4-6,8-9,11-15,18,21-24,29-55H2,1-3H3/b10-7-,19-16-,20-17-,27-25-,28-26-. The summed E-state index contributed by atoms with van der Waals surface area (Å²) in [5.41, 5.74) is 0. The molecule has 0 rings (SSSR count). The molecular weight excluding hydrogens is 805 g/mol. The van der Waals surface area contributed by atoms with Gasteiger partial charge in [-0.1, -0.05) is 236 Å². The van der Waals surface area contributed by atoms with Crippen molar-refractivity contribution in [3.63, 3.8) is 0 Å². The van der Waals surface area contributed by atoms with Gasteiger partial charge in [0, 0.05) is 19.3 Å². The zero-order valence-corrected chi connectivity index (χ0v) is 43.0. The van der Waals surface area contributed by atoms with Crippen molar-refractivity contribution < 1.29 is 28.6 Å². The molecule has 0 radical (unpaired) electrons. The van der Waals surface area contributed by atoms with Crippen molar-refractivity contribution in [1.29, 1.82) is 0 Å². The van der Waals surface area contributed by atoms with Crippen molar-refractivity contribution >= 4 is 17.9 Å². The van der Waals surface area contributed by atoms with Crippen LogP contribution in [-0.2, 0) is 28.6 Å². The van der Waals surface area contributed by atoms with Crippen LogP contribution < -0.4 is 0 Å². The van der Waals surface area contributed by atoms with Crippen molar-refractivity contribution in [1.82, 2.24) is 0 Å². The van der Waals surface area contributed by atoms with Crippen LogP contribution in [0, 0.1) is 0 Å². The molecule has 0 bridgehead atoms. The summed E-state index contributed by atoms with van der Waals surface area (Å²) in [5, 5.41) is 0. The maximum atomic E-state index is 12.8. The first-order chi connectivity index (χ1) is 32.0. The Morgan fingerprint density at radius 1 is 0.323 bits per heavy atom. The Bertz CT molecular complexity index is 1180. The van der Waals surface area contributed by atoms with Crippen LogP contribution in [0.2, 0.25) is 0 Å². The van der Waals surface area contributed by atoms with E-state index in [9.17, 15) is 14.4 Å². The lowest BCUT2D eigenvalue weighted by molar-refractivity contribution is -0.167. The zero-order chi connectivity index (χ0) is 47.2. The Labute approximate surface area is 402 Å². The van der Waals surface area contributed by atoms with Crippen LogP contribution in [0.5, 0.6) is 0 Å². The van der Waals surface area contributed by atoms with Gasteiger partial charge in [-0.05, 0) is 83.5 Å². The highest BCUT2D eigenvalue weighted by Crippen LogP contribution is 2.15. The second-order valence-electron chi connectivity index (χ2n) is 18.5. The predicted octanol–water partition coefficient (Wildman–Crippen LogP) is 18.4. The molecule has 0 heterocycles. The maximum absolute atomic E-state index is 12.8. The number of hydrogen-bond acceptors (Lipinski definition) is 6. The fourth-order valence-corrected chi connectivity index (χ4v) is 7.84. The molecule has 6 heteroatoms. The molecule has 0 fully saturated rings. The Balaban J connectivity index is 4.39. The maximum Gasteiger partial charge on any atom is 0.306 e. The quantitative estimate of drug-likeness (QED) is 0.0262. The van der Waals surface area contributed by atoms with E-state index in [1.807, 2.05) is 0 Å². The lowest BCUT2D eigenvalue weighted by Crippen LogP contribution is -2.30. The fraction of sp³-hybridized carbons (Fsp3) is 0.780. The third-order valence-electron chi connectivity index (χ3n) is 12.0. The molecule has 0 N–H and O–H groups in total. The number of esters is 3. The largest absolute Gasteiger partial charge is 0.462 e. The van der Waals surface area contributed by atoms with Gasteiger partial charge in [0.25, 0.3) is 0 Å². The van der Waals surface area contributed by atoms with E-state index in [1.165, 1.54) is 141 Å². The topological polar surface area (TPSA) is 78.9 Å². The van der Waals surface area contributed by atoms with Crippen molar-refractivity contribution in [2.24, 2.45) is 0 Å². The van der Waals surface area contributed by atoms with Crippen LogP contribution in [0.15, 0.2) is 60.8 Å². The molecule has 376 valence electrons. The minimum atomic E-state index is -0.780. The van der Waals surface area contributed by atoms with E-state index in [0.29, 0.717) is 19.3 Å². The SMILES string of the molecule is CC/C=C\C/C=C\C/C=C\CCCCCCCCCC(=O)OCC(COC(=O)CCCCCCCCCCCCCCC)OC(=O)CCCCCCCCC/C=C\C/C=C\CCCCC. The highest BCUT2D eigenvalue weighted by atomic mass is 16.6. The second-order valence-corrected chi connectivity index (χ2v) is 18.5. The summed E-state index contributed by atoms with van der Waals surface area (Å²) in [6.07, 6.45) is 66.3. The van der Waals surface area contributed by atoms with Crippen LogP contribution in [0.4, 0.5) is 0 Å². The number of carbonyl (C=O) groups is 3. The van der Waals surface area contributed by atoms with Crippen molar-refractivity contribution in [2.75, 3.05) is 13.2 Å².